The summed E-state index contributed by atoms with van der Waals surface area (Å²) in [6, 6.07) is 17.7. The third-order valence-corrected chi connectivity index (χ3v) is 11.5. The van der Waals surface area contributed by atoms with Gasteiger partial charge >= 0.3 is 13.9 Å². The Balaban J connectivity index is 1.76. The summed E-state index contributed by atoms with van der Waals surface area (Å²) >= 11 is 12.8. The first kappa shape index (κ1) is 36.0. The van der Waals surface area contributed by atoms with Gasteiger partial charge in [-0.2, -0.15) is 0 Å². The van der Waals surface area contributed by atoms with Crippen LogP contribution in [0.2, 0.25) is 61.4 Å². The second-order valence-corrected chi connectivity index (χ2v) is 26.3. The Kier molecular flexibility index (Phi) is 13.3. The number of carbonyl (C=O) groups is 1. The van der Waals surface area contributed by atoms with E-state index in [9.17, 15) is 9.36 Å². The van der Waals surface area contributed by atoms with Crippen molar-refractivity contribution in [2.24, 2.45) is 0 Å². The highest BCUT2D eigenvalue weighted by atomic mass is 35.5. The molecule has 1 amide bonds. The Morgan fingerprint density at radius 3 is 2.16 bits per heavy atom. The lowest BCUT2D eigenvalue weighted by Gasteiger charge is -2.24. The molecule has 0 aliphatic heterocycles. The van der Waals surface area contributed by atoms with Crippen molar-refractivity contribution in [3.05, 3.63) is 87.7 Å². The normalized spacial score (nSPS) is 12.4. The van der Waals surface area contributed by atoms with Gasteiger partial charge in [-0.15, -0.1) is 0 Å². The Hall–Kier alpha value is -2.44. The van der Waals surface area contributed by atoms with Crippen molar-refractivity contribution < 1.29 is 27.7 Å². The molecule has 1 N–H and O–H groups in total. The smallest absolute Gasteiger partial charge is 0.444 e. The van der Waals surface area contributed by atoms with Crippen LogP contribution in [-0.4, -0.2) is 40.4 Å². The van der Waals surface area contributed by atoms with Crippen LogP contribution in [-0.2, 0) is 25.0 Å². The number of nitrogens with zero attached hydrogens (tertiary/aromatic N) is 1. The van der Waals surface area contributed by atoms with Crippen LogP contribution in [0, 0.1) is 0 Å². The summed E-state index contributed by atoms with van der Waals surface area (Å²) in [7, 11) is -7.06. The first-order valence-corrected chi connectivity index (χ1v) is 23.9. The number of anilines is 1. The molecule has 0 saturated carbocycles. The fraction of sp³-hybridized carbons (Fsp3) is 0.355. The van der Waals surface area contributed by atoms with Crippen molar-refractivity contribution in [1.29, 1.82) is 0 Å². The second-order valence-electron chi connectivity index (χ2n) is 12.6. The van der Waals surface area contributed by atoms with Gasteiger partial charge in [-0.25, -0.2) is 9.36 Å². The standard InChI is InChI=1S/C31H41Cl2N2O6PSi2/c1-43(2,3)19-17-39-42(37,40-18-20-44(4,5)6)41-30-25(21-26(32)22-27(30)33)23-38-31(36)35-29-13-10-16-34-28(29)15-14-24-11-8-7-9-12-24/h7-16,21-22H,17-20,23H2,1-6H3,(H,35,36). The largest absolute Gasteiger partial charge is 0.530 e. The van der Waals surface area contributed by atoms with Gasteiger partial charge in [0, 0.05) is 32.9 Å². The molecule has 1 heterocycles. The van der Waals surface area contributed by atoms with Crippen molar-refractivity contribution in [2.45, 2.75) is 58.0 Å². The molecule has 0 saturated heterocycles. The van der Waals surface area contributed by atoms with Gasteiger partial charge in [-0.3, -0.25) is 19.3 Å². The van der Waals surface area contributed by atoms with E-state index in [1.165, 1.54) is 12.1 Å². The van der Waals surface area contributed by atoms with Gasteiger partial charge in [0.15, 0.2) is 5.75 Å². The van der Waals surface area contributed by atoms with Crippen molar-refractivity contribution in [3.63, 3.8) is 0 Å². The summed E-state index contributed by atoms with van der Waals surface area (Å²) < 4.78 is 36.8. The van der Waals surface area contributed by atoms with E-state index in [0.717, 1.165) is 17.7 Å². The molecule has 0 spiro atoms. The molecular weight excluding hydrogens is 654 g/mol. The highest BCUT2D eigenvalue weighted by Gasteiger charge is 2.33. The molecule has 44 heavy (non-hydrogen) atoms. The molecule has 0 aliphatic rings. The van der Waals surface area contributed by atoms with Gasteiger partial charge in [0.25, 0.3) is 0 Å². The van der Waals surface area contributed by atoms with E-state index < -0.39 is 30.1 Å². The number of hydrogen-bond donors (Lipinski definition) is 1. The highest BCUT2D eigenvalue weighted by Crippen LogP contribution is 2.53. The molecule has 2 aromatic carbocycles. The monoisotopic (exact) mass is 694 g/mol. The van der Waals surface area contributed by atoms with Gasteiger partial charge in [0.2, 0.25) is 0 Å². The number of nitrogens with one attached hydrogen (secondary N) is 1. The van der Waals surface area contributed by atoms with E-state index in [2.05, 4.69) is 49.6 Å². The van der Waals surface area contributed by atoms with Gasteiger partial charge in [-0.1, -0.05) is 98.9 Å². The Morgan fingerprint density at radius 1 is 0.909 bits per heavy atom. The number of halogens is 2. The predicted octanol–water partition coefficient (Wildman–Crippen LogP) is 10.5. The van der Waals surface area contributed by atoms with Crippen molar-refractivity contribution in [3.8, 4) is 5.75 Å². The van der Waals surface area contributed by atoms with E-state index in [1.54, 1.807) is 24.4 Å². The molecule has 0 atom stereocenters. The zero-order valence-corrected chi connectivity index (χ0v) is 30.5. The number of ether oxygens (including phenoxy) is 1. The second kappa shape index (κ2) is 16.2. The van der Waals surface area contributed by atoms with Crippen molar-refractivity contribution in [1.82, 2.24) is 4.98 Å². The van der Waals surface area contributed by atoms with Crippen LogP contribution in [0.15, 0.2) is 60.8 Å². The molecule has 0 aliphatic carbocycles. The molecule has 0 radical (unpaired) electrons. The van der Waals surface area contributed by atoms with Crippen molar-refractivity contribution in [2.75, 3.05) is 18.5 Å². The first-order chi connectivity index (χ1) is 20.6. The first-order valence-electron chi connectivity index (χ1n) is 14.3. The van der Waals surface area contributed by atoms with E-state index >= 15 is 0 Å². The summed E-state index contributed by atoms with van der Waals surface area (Å²) in [6.07, 6.45) is 4.59. The molecule has 3 rings (SSSR count). The van der Waals surface area contributed by atoms with Crippen LogP contribution in [0.5, 0.6) is 5.75 Å². The lowest BCUT2D eigenvalue weighted by molar-refractivity contribution is 0.151. The van der Waals surface area contributed by atoms with E-state index in [-0.39, 0.29) is 35.6 Å². The minimum Gasteiger partial charge on any atom is -0.444 e. The molecule has 0 fully saturated rings. The highest BCUT2D eigenvalue weighted by molar-refractivity contribution is 7.49. The quantitative estimate of drug-likeness (QED) is 0.125. The number of pyridine rings is 1. The Morgan fingerprint density at radius 2 is 1.55 bits per heavy atom. The third kappa shape index (κ3) is 12.9. The summed E-state index contributed by atoms with van der Waals surface area (Å²) in [5.41, 5.74) is 2.30. The average molecular weight is 696 g/mol. The summed E-state index contributed by atoms with van der Waals surface area (Å²) in [4.78, 5) is 17.2. The van der Waals surface area contributed by atoms with Crippen LogP contribution in [0.3, 0.4) is 0 Å². The summed E-state index contributed by atoms with van der Waals surface area (Å²) in [6.45, 7) is 13.3. The number of phosphoric ester groups is 1. The summed E-state index contributed by atoms with van der Waals surface area (Å²) in [5.74, 6) is 0.0149. The van der Waals surface area contributed by atoms with E-state index in [4.69, 9.17) is 41.5 Å². The average Bonchev–Trinajstić information content (AvgIpc) is 2.92. The maximum Gasteiger partial charge on any atom is 0.530 e. The number of amides is 1. The minimum atomic E-state index is -4.08. The van der Waals surface area contributed by atoms with Crippen molar-refractivity contribution >= 4 is 71.1 Å². The molecule has 1 aromatic heterocycles. The maximum atomic E-state index is 13.9. The predicted molar refractivity (Wildman–Crippen MR) is 186 cm³/mol. The van der Waals surface area contributed by atoms with Crippen LogP contribution in [0.25, 0.3) is 12.2 Å². The molecule has 0 bridgehead atoms. The fourth-order valence-electron chi connectivity index (χ4n) is 3.64. The Labute approximate surface area is 272 Å². The number of phosphoric acid groups is 1. The van der Waals surface area contributed by atoms with Gasteiger partial charge < -0.3 is 9.26 Å². The number of benzene rings is 2. The molecule has 3 aromatic rings. The summed E-state index contributed by atoms with van der Waals surface area (Å²) in [5, 5.41) is 3.09. The molecule has 0 unspecified atom stereocenters. The van der Waals surface area contributed by atoms with Crippen LogP contribution >= 0.6 is 31.0 Å². The van der Waals surface area contributed by atoms with Gasteiger partial charge in [0.05, 0.1) is 29.6 Å². The topological polar surface area (TPSA) is 96.0 Å². The van der Waals surface area contributed by atoms with Crippen LogP contribution in [0.1, 0.15) is 16.8 Å². The molecule has 13 heteroatoms. The van der Waals surface area contributed by atoms with Gasteiger partial charge in [-0.05, 0) is 48.0 Å². The lowest BCUT2D eigenvalue weighted by atomic mass is 10.2. The van der Waals surface area contributed by atoms with Gasteiger partial charge in [0.1, 0.15) is 6.61 Å². The number of hydrogen-bond acceptors (Lipinski definition) is 7. The Bertz CT molecular complexity index is 1460. The SMILES string of the molecule is C[Si](C)(C)CCOP(=O)(OCC[Si](C)(C)C)Oc1c(Cl)cc(Cl)cc1COC(=O)Nc1cccnc1C=Cc1ccccc1. The lowest BCUT2D eigenvalue weighted by Crippen LogP contribution is -2.23. The number of aromatic nitrogens is 1. The van der Waals surface area contributed by atoms with Crippen LogP contribution < -0.4 is 9.84 Å². The van der Waals surface area contributed by atoms with E-state index in [1.807, 2.05) is 36.4 Å². The zero-order valence-electron chi connectivity index (χ0n) is 26.1. The molecule has 238 valence electrons. The fourth-order valence-corrected chi connectivity index (χ4v) is 7.29. The number of rotatable bonds is 15. The number of carbonyl (C=O) groups excluding carboxylic acids is 1. The maximum absolute atomic E-state index is 13.9. The zero-order chi connectivity index (χ0) is 32.4. The molecule has 8 nitrogen and oxygen atoms in total. The van der Waals surface area contributed by atoms with E-state index in [0.29, 0.717) is 16.9 Å². The minimum absolute atomic E-state index is 0.0149. The molecular formula is C31H41Cl2N2O6PSi2. The van der Waals surface area contributed by atoms with Crippen LogP contribution in [0.4, 0.5) is 10.5 Å². The third-order valence-electron chi connectivity index (χ3n) is 6.16.